The van der Waals surface area contributed by atoms with Gasteiger partial charge in [-0.1, -0.05) is 37.8 Å². The number of aryl methyl sites for hydroxylation is 1. The first kappa shape index (κ1) is 23.5. The zero-order valence-electron chi connectivity index (χ0n) is 18.1. The second-order valence-electron chi connectivity index (χ2n) is 8.63. The lowest BCUT2D eigenvalue weighted by molar-refractivity contribution is 0.0240. The summed E-state index contributed by atoms with van der Waals surface area (Å²) in [4.78, 5) is 15.3. The van der Waals surface area contributed by atoms with Gasteiger partial charge in [0.1, 0.15) is 0 Å². The van der Waals surface area contributed by atoms with Gasteiger partial charge in [-0.15, -0.1) is 0 Å². The fourth-order valence-corrected chi connectivity index (χ4v) is 6.58. The fourth-order valence-electron chi connectivity index (χ4n) is 4.86. The largest absolute Gasteiger partial charge is 0.350 e. The molecule has 1 saturated heterocycles. The fraction of sp³-hybridized carbons (Fsp3) is 0.682. The molecule has 168 valence electrons. The first-order valence-corrected chi connectivity index (χ1v) is 13.0. The first-order chi connectivity index (χ1) is 14.3. The molecule has 0 unspecified atom stereocenters. The third-order valence-corrected chi connectivity index (χ3v) is 8.87. The molecule has 2 aliphatic rings. The maximum Gasteiger partial charge on any atom is 0.251 e. The quantitative estimate of drug-likeness (QED) is 0.683. The first-order valence-electron chi connectivity index (χ1n) is 11.0. The predicted molar refractivity (Wildman–Crippen MR) is 122 cm³/mol. The third-order valence-electron chi connectivity index (χ3n) is 6.56. The molecule has 6 nitrogen and oxygen atoms in total. The number of nitrogens with zero attached hydrogens (tertiary/aromatic N) is 2. The Balaban J connectivity index is 1.67. The number of hydrogen-bond acceptors (Lipinski definition) is 4. The van der Waals surface area contributed by atoms with Crippen molar-refractivity contribution in [2.24, 2.45) is 0 Å². The molecule has 1 aliphatic carbocycles. The molecule has 1 N–H and O–H groups in total. The second kappa shape index (κ2) is 9.98. The minimum absolute atomic E-state index is 0.0710. The number of carbonyl (C=O) groups excluding carboxylic acids is 1. The van der Waals surface area contributed by atoms with Crippen molar-refractivity contribution in [3.63, 3.8) is 0 Å². The van der Waals surface area contributed by atoms with Crippen LogP contribution in [0.3, 0.4) is 0 Å². The van der Waals surface area contributed by atoms with E-state index >= 15 is 0 Å². The van der Waals surface area contributed by atoms with E-state index in [4.69, 9.17) is 11.6 Å². The van der Waals surface area contributed by atoms with Crippen LogP contribution in [-0.2, 0) is 10.0 Å². The van der Waals surface area contributed by atoms with E-state index in [1.54, 1.807) is 16.4 Å². The van der Waals surface area contributed by atoms with E-state index in [0.717, 1.165) is 44.3 Å². The van der Waals surface area contributed by atoms with Gasteiger partial charge in [-0.2, -0.15) is 4.31 Å². The Morgan fingerprint density at radius 1 is 1.13 bits per heavy atom. The molecule has 1 aliphatic heterocycles. The Morgan fingerprint density at radius 2 is 1.80 bits per heavy atom. The van der Waals surface area contributed by atoms with Gasteiger partial charge in [0, 0.05) is 48.8 Å². The summed E-state index contributed by atoms with van der Waals surface area (Å²) >= 11 is 6.02. The number of nitrogens with one attached hydrogen (secondary N) is 1. The lowest BCUT2D eigenvalue weighted by Crippen LogP contribution is -2.62. The summed E-state index contributed by atoms with van der Waals surface area (Å²) in [6.45, 7) is 6.90. The van der Waals surface area contributed by atoms with Gasteiger partial charge in [0.15, 0.2) is 0 Å². The smallest absolute Gasteiger partial charge is 0.251 e. The van der Waals surface area contributed by atoms with Gasteiger partial charge in [-0.25, -0.2) is 8.42 Å². The van der Waals surface area contributed by atoms with E-state index in [-0.39, 0.29) is 17.2 Å². The average molecular weight is 456 g/mol. The van der Waals surface area contributed by atoms with Gasteiger partial charge in [0.2, 0.25) is 10.0 Å². The Bertz CT molecular complexity index is 845. The molecule has 2 fully saturated rings. The summed E-state index contributed by atoms with van der Waals surface area (Å²) in [5.74, 6) is 0.146. The summed E-state index contributed by atoms with van der Waals surface area (Å²) in [6.07, 6.45) is 6.22. The van der Waals surface area contributed by atoms with E-state index in [2.05, 4.69) is 10.2 Å². The number of benzene rings is 1. The minimum Gasteiger partial charge on any atom is -0.350 e. The predicted octanol–water partition coefficient (Wildman–Crippen LogP) is 3.44. The number of sulfonamides is 1. The zero-order chi connectivity index (χ0) is 21.8. The van der Waals surface area contributed by atoms with Crippen LogP contribution >= 0.6 is 11.6 Å². The van der Waals surface area contributed by atoms with Gasteiger partial charge in [-0.3, -0.25) is 9.69 Å². The summed E-state index contributed by atoms with van der Waals surface area (Å²) < 4.78 is 26.5. The highest BCUT2D eigenvalue weighted by Gasteiger charge is 2.40. The van der Waals surface area contributed by atoms with Crippen molar-refractivity contribution in [1.82, 2.24) is 14.5 Å². The van der Waals surface area contributed by atoms with Crippen LogP contribution in [0.4, 0.5) is 0 Å². The molecule has 1 aromatic rings. The summed E-state index contributed by atoms with van der Waals surface area (Å²) in [6, 6.07) is 5.33. The van der Waals surface area contributed by atoms with Gasteiger partial charge in [0.05, 0.1) is 5.75 Å². The van der Waals surface area contributed by atoms with Crippen molar-refractivity contribution >= 4 is 27.5 Å². The van der Waals surface area contributed by atoms with E-state index in [0.29, 0.717) is 36.6 Å². The molecular weight excluding hydrogens is 422 g/mol. The molecule has 30 heavy (non-hydrogen) atoms. The Labute approximate surface area is 186 Å². The molecule has 1 saturated carbocycles. The maximum absolute atomic E-state index is 12.8. The van der Waals surface area contributed by atoms with E-state index in [1.807, 2.05) is 19.9 Å². The van der Waals surface area contributed by atoms with Crippen molar-refractivity contribution in [2.45, 2.75) is 57.9 Å². The molecule has 8 heteroatoms. The molecule has 0 radical (unpaired) electrons. The summed E-state index contributed by atoms with van der Waals surface area (Å²) in [5.41, 5.74) is 1.43. The minimum atomic E-state index is -3.15. The SMILES string of the molecule is CCCS(=O)(=O)N1CCN(C2(CNC(=O)c3ccc(Cl)cc3C)CCCCC2)CC1. The third kappa shape index (κ3) is 5.36. The molecule has 0 atom stereocenters. The van der Waals surface area contributed by atoms with Crippen LogP contribution in [0.25, 0.3) is 0 Å². The lowest BCUT2D eigenvalue weighted by atomic mass is 9.79. The molecule has 1 heterocycles. The van der Waals surface area contributed by atoms with Crippen molar-refractivity contribution < 1.29 is 13.2 Å². The van der Waals surface area contributed by atoms with Gasteiger partial charge in [0.25, 0.3) is 5.91 Å². The van der Waals surface area contributed by atoms with Crippen molar-refractivity contribution in [1.29, 1.82) is 0 Å². The normalized spacial score (nSPS) is 20.8. The molecule has 3 rings (SSSR count). The molecular formula is C22H34ClN3O3S. The van der Waals surface area contributed by atoms with Gasteiger partial charge in [-0.05, 0) is 49.9 Å². The van der Waals surface area contributed by atoms with E-state index in [1.165, 1.54) is 6.42 Å². The van der Waals surface area contributed by atoms with Crippen molar-refractivity contribution in [2.75, 3.05) is 38.5 Å². The topological polar surface area (TPSA) is 69.7 Å². The van der Waals surface area contributed by atoms with Crippen molar-refractivity contribution in [3.8, 4) is 0 Å². The number of hydrogen-bond donors (Lipinski definition) is 1. The van der Waals surface area contributed by atoms with Gasteiger partial charge < -0.3 is 5.32 Å². The van der Waals surface area contributed by atoms with Crippen molar-refractivity contribution in [3.05, 3.63) is 34.3 Å². The highest BCUT2D eigenvalue weighted by molar-refractivity contribution is 7.89. The van der Waals surface area contributed by atoms with Crippen LogP contribution in [0.5, 0.6) is 0 Å². The van der Waals surface area contributed by atoms with E-state index < -0.39 is 10.0 Å². The standard InChI is InChI=1S/C22H34ClN3O3S/c1-3-15-30(28,29)26-13-11-25(12-14-26)22(9-5-4-6-10-22)17-24-21(27)20-8-7-19(23)16-18(20)2/h7-8,16H,3-6,9-15,17H2,1-2H3,(H,24,27). The molecule has 1 amide bonds. The number of carbonyl (C=O) groups is 1. The Kier molecular flexibility index (Phi) is 7.82. The highest BCUT2D eigenvalue weighted by atomic mass is 35.5. The second-order valence-corrected chi connectivity index (χ2v) is 11.2. The highest BCUT2D eigenvalue weighted by Crippen LogP contribution is 2.34. The average Bonchev–Trinajstić information content (AvgIpc) is 2.73. The number of rotatable bonds is 7. The molecule has 0 aromatic heterocycles. The van der Waals surface area contributed by atoms with Gasteiger partial charge >= 0.3 is 0 Å². The molecule has 0 spiro atoms. The Morgan fingerprint density at radius 3 is 2.40 bits per heavy atom. The van der Waals surface area contributed by atoms with Crippen LogP contribution in [-0.4, -0.2) is 67.5 Å². The van der Waals surface area contributed by atoms with Crippen LogP contribution in [0.15, 0.2) is 18.2 Å². The number of piperazine rings is 1. The number of amides is 1. The number of halogens is 1. The maximum atomic E-state index is 12.8. The van der Waals surface area contributed by atoms with E-state index in [9.17, 15) is 13.2 Å². The van der Waals surface area contributed by atoms with Crippen LogP contribution < -0.4 is 5.32 Å². The zero-order valence-corrected chi connectivity index (χ0v) is 19.7. The lowest BCUT2D eigenvalue weighted by Gasteiger charge is -2.49. The Hall–Kier alpha value is -1.15. The van der Waals surface area contributed by atoms with Crippen LogP contribution in [0, 0.1) is 6.92 Å². The summed E-state index contributed by atoms with van der Waals surface area (Å²) in [7, 11) is -3.15. The monoisotopic (exact) mass is 455 g/mol. The van der Waals surface area contributed by atoms with Crippen LogP contribution in [0.1, 0.15) is 61.4 Å². The summed E-state index contributed by atoms with van der Waals surface area (Å²) in [5, 5.41) is 3.80. The molecule has 0 bridgehead atoms. The van der Waals surface area contributed by atoms with Crippen LogP contribution in [0.2, 0.25) is 5.02 Å². The molecule has 1 aromatic carbocycles.